The summed E-state index contributed by atoms with van der Waals surface area (Å²) in [7, 11) is -1.13. The van der Waals surface area contributed by atoms with Crippen LogP contribution in [-0.4, -0.2) is 41.7 Å². The van der Waals surface area contributed by atoms with Crippen LogP contribution in [0.2, 0.25) is 5.82 Å². The van der Waals surface area contributed by atoms with Gasteiger partial charge in [0.05, 0.1) is 0 Å². The van der Waals surface area contributed by atoms with Crippen molar-refractivity contribution in [3.8, 4) is 0 Å². The Balaban J connectivity index is 2.08. The maximum Gasteiger partial charge on any atom is 0.454 e. The Hall–Kier alpha value is -0.0551. The molecule has 0 aromatic carbocycles. The van der Waals surface area contributed by atoms with Crippen molar-refractivity contribution in [1.82, 2.24) is 4.90 Å². The average molecular weight is 213 g/mol. The normalized spacial score (nSPS) is 20.2. The van der Waals surface area contributed by atoms with Crippen LogP contribution in [0.1, 0.15) is 45.4 Å². The maximum atomic E-state index is 9.09. The van der Waals surface area contributed by atoms with E-state index in [1.54, 1.807) is 0 Å². The molecule has 2 N–H and O–H groups in total. The summed E-state index contributed by atoms with van der Waals surface area (Å²) in [5.74, 6) is 0.0646. The first kappa shape index (κ1) is 13.0. The van der Waals surface area contributed by atoms with E-state index in [1.165, 1.54) is 32.4 Å². The molecule has 0 bridgehead atoms. The molecule has 3 nitrogen and oxygen atoms in total. The van der Waals surface area contributed by atoms with E-state index in [9.17, 15) is 0 Å². The molecular formula is C11H24BNO2. The number of nitrogens with zero attached hydrogens (tertiary/aromatic N) is 1. The number of rotatable bonds is 6. The predicted octanol–water partition coefficient (Wildman–Crippen LogP) is 1.51. The van der Waals surface area contributed by atoms with Crippen molar-refractivity contribution in [3.05, 3.63) is 0 Å². The van der Waals surface area contributed by atoms with Crippen LogP contribution in [-0.2, 0) is 0 Å². The first-order valence-electron chi connectivity index (χ1n) is 6.32. The van der Waals surface area contributed by atoms with Gasteiger partial charge in [0.2, 0.25) is 0 Å². The lowest BCUT2D eigenvalue weighted by atomic mass is 9.69. The van der Waals surface area contributed by atoms with Gasteiger partial charge in [-0.15, -0.1) is 0 Å². The van der Waals surface area contributed by atoms with Gasteiger partial charge < -0.3 is 14.9 Å². The summed E-state index contributed by atoms with van der Waals surface area (Å²) in [6, 6.07) is 0. The SMILES string of the molecule is CCC(CCCN1CCCCC1)B(O)O. The fraction of sp³-hybridized carbons (Fsp3) is 1.00. The standard InChI is InChI=1S/C11H24BNO2/c1-2-11(12(14)15)7-6-10-13-8-4-3-5-9-13/h11,14-15H,2-10H2,1H3. The third-order valence-corrected chi connectivity index (χ3v) is 3.44. The molecule has 1 rings (SSSR count). The summed E-state index contributed by atoms with van der Waals surface area (Å²) in [5, 5.41) is 18.2. The van der Waals surface area contributed by atoms with Crippen LogP contribution in [0.3, 0.4) is 0 Å². The molecule has 1 aliphatic rings. The maximum absolute atomic E-state index is 9.09. The molecule has 0 aromatic heterocycles. The third kappa shape index (κ3) is 5.00. The van der Waals surface area contributed by atoms with Gasteiger partial charge in [0, 0.05) is 0 Å². The molecule has 4 heteroatoms. The van der Waals surface area contributed by atoms with Crippen LogP contribution in [0.5, 0.6) is 0 Å². The molecule has 15 heavy (non-hydrogen) atoms. The number of piperidine rings is 1. The van der Waals surface area contributed by atoms with Gasteiger partial charge in [-0.1, -0.05) is 26.2 Å². The second-order valence-corrected chi connectivity index (χ2v) is 4.63. The van der Waals surface area contributed by atoms with E-state index >= 15 is 0 Å². The first-order chi connectivity index (χ1) is 7.24. The summed E-state index contributed by atoms with van der Waals surface area (Å²) in [6.07, 6.45) is 6.93. The van der Waals surface area contributed by atoms with Crippen molar-refractivity contribution in [3.63, 3.8) is 0 Å². The van der Waals surface area contributed by atoms with Crippen molar-refractivity contribution in [2.45, 2.75) is 51.3 Å². The molecule has 1 fully saturated rings. The quantitative estimate of drug-likeness (QED) is 0.657. The lowest BCUT2D eigenvalue weighted by Gasteiger charge is -2.26. The Labute approximate surface area is 93.6 Å². The van der Waals surface area contributed by atoms with E-state index in [-0.39, 0.29) is 5.82 Å². The van der Waals surface area contributed by atoms with E-state index in [0.717, 1.165) is 25.8 Å². The van der Waals surface area contributed by atoms with Gasteiger partial charge in [0.15, 0.2) is 0 Å². The first-order valence-corrected chi connectivity index (χ1v) is 6.32. The van der Waals surface area contributed by atoms with Crippen molar-refractivity contribution in [2.24, 2.45) is 0 Å². The summed E-state index contributed by atoms with van der Waals surface area (Å²) < 4.78 is 0. The Bertz CT molecular complexity index is 161. The number of likely N-dealkylation sites (tertiary alicyclic amines) is 1. The minimum atomic E-state index is -1.13. The highest BCUT2D eigenvalue weighted by molar-refractivity contribution is 6.43. The van der Waals surface area contributed by atoms with E-state index in [2.05, 4.69) is 4.90 Å². The van der Waals surface area contributed by atoms with Crippen molar-refractivity contribution in [1.29, 1.82) is 0 Å². The van der Waals surface area contributed by atoms with E-state index in [0.29, 0.717) is 0 Å². The molecule has 1 aliphatic heterocycles. The predicted molar refractivity (Wildman–Crippen MR) is 63.8 cm³/mol. The van der Waals surface area contributed by atoms with Gasteiger partial charge in [-0.25, -0.2) is 0 Å². The van der Waals surface area contributed by atoms with Crippen molar-refractivity contribution >= 4 is 7.12 Å². The van der Waals surface area contributed by atoms with Crippen LogP contribution < -0.4 is 0 Å². The van der Waals surface area contributed by atoms with Crippen molar-refractivity contribution < 1.29 is 10.0 Å². The zero-order valence-electron chi connectivity index (χ0n) is 9.86. The van der Waals surface area contributed by atoms with Crippen LogP contribution in [0.4, 0.5) is 0 Å². The lowest BCUT2D eigenvalue weighted by Crippen LogP contribution is -2.31. The largest absolute Gasteiger partial charge is 0.454 e. The van der Waals surface area contributed by atoms with Gasteiger partial charge >= 0.3 is 7.12 Å². The van der Waals surface area contributed by atoms with Gasteiger partial charge in [-0.05, 0) is 44.7 Å². The highest BCUT2D eigenvalue weighted by Crippen LogP contribution is 2.19. The monoisotopic (exact) mass is 213 g/mol. The highest BCUT2D eigenvalue weighted by atomic mass is 16.4. The molecule has 1 unspecified atom stereocenters. The fourth-order valence-electron chi connectivity index (χ4n) is 2.32. The molecule has 1 heterocycles. The minimum Gasteiger partial charge on any atom is -0.427 e. The molecule has 88 valence electrons. The van der Waals surface area contributed by atoms with Gasteiger partial charge in [0.25, 0.3) is 0 Å². The molecule has 0 aliphatic carbocycles. The molecule has 0 amide bonds. The van der Waals surface area contributed by atoms with E-state index in [1.807, 2.05) is 6.92 Å². The molecular weight excluding hydrogens is 189 g/mol. The van der Waals surface area contributed by atoms with Gasteiger partial charge in [-0.3, -0.25) is 0 Å². The van der Waals surface area contributed by atoms with Crippen LogP contribution in [0, 0.1) is 0 Å². The summed E-state index contributed by atoms with van der Waals surface area (Å²) >= 11 is 0. The van der Waals surface area contributed by atoms with Crippen LogP contribution >= 0.6 is 0 Å². The van der Waals surface area contributed by atoms with Gasteiger partial charge in [0.1, 0.15) is 0 Å². The average Bonchev–Trinajstić information content (AvgIpc) is 2.25. The Morgan fingerprint density at radius 2 is 1.87 bits per heavy atom. The smallest absolute Gasteiger partial charge is 0.427 e. The zero-order chi connectivity index (χ0) is 11.1. The van der Waals surface area contributed by atoms with Crippen LogP contribution in [0.15, 0.2) is 0 Å². The van der Waals surface area contributed by atoms with Crippen molar-refractivity contribution in [2.75, 3.05) is 19.6 Å². The second kappa shape index (κ2) is 7.26. The summed E-state index contributed by atoms with van der Waals surface area (Å²) in [6.45, 7) is 5.62. The Kier molecular flexibility index (Phi) is 6.29. The zero-order valence-corrected chi connectivity index (χ0v) is 9.86. The third-order valence-electron chi connectivity index (χ3n) is 3.44. The fourth-order valence-corrected chi connectivity index (χ4v) is 2.32. The summed E-state index contributed by atoms with van der Waals surface area (Å²) in [4.78, 5) is 2.50. The number of hydrogen-bond donors (Lipinski definition) is 2. The molecule has 0 radical (unpaired) electrons. The van der Waals surface area contributed by atoms with Gasteiger partial charge in [-0.2, -0.15) is 0 Å². The second-order valence-electron chi connectivity index (χ2n) is 4.63. The van der Waals surface area contributed by atoms with Crippen LogP contribution in [0.25, 0.3) is 0 Å². The molecule has 1 saturated heterocycles. The number of hydrogen-bond acceptors (Lipinski definition) is 3. The Morgan fingerprint density at radius 1 is 1.20 bits per heavy atom. The molecule has 0 saturated carbocycles. The molecule has 1 atom stereocenters. The van der Waals surface area contributed by atoms with E-state index in [4.69, 9.17) is 10.0 Å². The minimum absolute atomic E-state index is 0.0646. The highest BCUT2D eigenvalue weighted by Gasteiger charge is 2.21. The Morgan fingerprint density at radius 3 is 2.40 bits per heavy atom. The summed E-state index contributed by atoms with van der Waals surface area (Å²) in [5.41, 5.74) is 0. The van der Waals surface area contributed by atoms with E-state index < -0.39 is 7.12 Å². The molecule has 0 aromatic rings. The topological polar surface area (TPSA) is 43.7 Å². The lowest BCUT2D eigenvalue weighted by molar-refractivity contribution is 0.223. The molecule has 0 spiro atoms.